The number of carbonyl (C=O) groups is 1. The zero-order chi connectivity index (χ0) is 13.0. The molecular formula is C15H22N2O. The Morgan fingerprint density at radius 1 is 1.33 bits per heavy atom. The van der Waals surface area contributed by atoms with Gasteiger partial charge in [0.1, 0.15) is 0 Å². The van der Waals surface area contributed by atoms with Gasteiger partial charge >= 0.3 is 0 Å². The maximum Gasteiger partial charge on any atom is 0.237 e. The number of rotatable bonds is 3. The molecule has 1 amide bonds. The molecule has 1 heterocycles. The summed E-state index contributed by atoms with van der Waals surface area (Å²) in [4.78, 5) is 11.9. The molecular weight excluding hydrogens is 224 g/mol. The summed E-state index contributed by atoms with van der Waals surface area (Å²) >= 11 is 0. The van der Waals surface area contributed by atoms with Gasteiger partial charge in [-0.3, -0.25) is 10.1 Å². The van der Waals surface area contributed by atoms with Crippen molar-refractivity contribution in [3.05, 3.63) is 35.4 Å². The fourth-order valence-electron chi connectivity index (χ4n) is 2.56. The minimum Gasteiger partial charge on any atom is -0.355 e. The van der Waals surface area contributed by atoms with E-state index >= 15 is 0 Å². The van der Waals surface area contributed by atoms with E-state index in [2.05, 4.69) is 36.6 Å². The Morgan fingerprint density at radius 3 is 2.89 bits per heavy atom. The topological polar surface area (TPSA) is 41.1 Å². The molecule has 1 aromatic rings. The van der Waals surface area contributed by atoms with Gasteiger partial charge in [-0.25, -0.2) is 0 Å². The van der Waals surface area contributed by atoms with E-state index in [1.807, 2.05) is 12.1 Å². The highest BCUT2D eigenvalue weighted by Gasteiger charge is 2.22. The first-order chi connectivity index (χ1) is 8.68. The van der Waals surface area contributed by atoms with Crippen LogP contribution in [0.4, 0.5) is 0 Å². The lowest BCUT2D eigenvalue weighted by Gasteiger charge is -2.22. The number of hydrogen-bond donors (Lipinski definition) is 2. The van der Waals surface area contributed by atoms with Crippen molar-refractivity contribution in [2.75, 3.05) is 6.54 Å². The largest absolute Gasteiger partial charge is 0.355 e. The van der Waals surface area contributed by atoms with Crippen molar-refractivity contribution < 1.29 is 4.79 Å². The second-order valence-electron chi connectivity index (χ2n) is 5.08. The van der Waals surface area contributed by atoms with Gasteiger partial charge < -0.3 is 5.32 Å². The van der Waals surface area contributed by atoms with E-state index in [1.54, 1.807) is 0 Å². The Morgan fingerprint density at radius 2 is 2.11 bits per heavy atom. The molecule has 2 atom stereocenters. The van der Waals surface area contributed by atoms with Gasteiger partial charge in [-0.1, -0.05) is 24.3 Å². The molecule has 0 aliphatic carbocycles. The van der Waals surface area contributed by atoms with E-state index in [-0.39, 0.29) is 18.0 Å². The van der Waals surface area contributed by atoms with Crippen molar-refractivity contribution in [2.45, 2.75) is 45.2 Å². The first-order valence-electron chi connectivity index (χ1n) is 6.78. The third kappa shape index (κ3) is 3.10. The Balaban J connectivity index is 2.04. The summed E-state index contributed by atoms with van der Waals surface area (Å²) in [5.74, 6) is 0.146. The Kier molecular flexibility index (Phi) is 4.37. The zero-order valence-corrected chi connectivity index (χ0v) is 11.2. The van der Waals surface area contributed by atoms with Gasteiger partial charge in [0.15, 0.2) is 0 Å². The summed E-state index contributed by atoms with van der Waals surface area (Å²) in [6.45, 7) is 5.05. The lowest BCUT2D eigenvalue weighted by atomic mass is 10.0. The summed E-state index contributed by atoms with van der Waals surface area (Å²) < 4.78 is 0. The van der Waals surface area contributed by atoms with E-state index in [0.29, 0.717) is 0 Å². The summed E-state index contributed by atoms with van der Waals surface area (Å²) in [5, 5.41) is 6.42. The van der Waals surface area contributed by atoms with Crippen LogP contribution in [0.25, 0.3) is 0 Å². The molecule has 1 aromatic carbocycles. The van der Waals surface area contributed by atoms with Crippen LogP contribution < -0.4 is 10.6 Å². The van der Waals surface area contributed by atoms with Crippen molar-refractivity contribution in [1.82, 2.24) is 10.6 Å². The van der Waals surface area contributed by atoms with Crippen molar-refractivity contribution in [3.63, 3.8) is 0 Å². The van der Waals surface area contributed by atoms with Crippen LogP contribution in [-0.4, -0.2) is 18.5 Å². The van der Waals surface area contributed by atoms with Crippen LogP contribution in [0.2, 0.25) is 0 Å². The lowest BCUT2D eigenvalue weighted by Crippen LogP contribution is -2.43. The first kappa shape index (κ1) is 13.1. The van der Waals surface area contributed by atoms with E-state index in [1.165, 1.54) is 11.1 Å². The van der Waals surface area contributed by atoms with Crippen LogP contribution >= 0.6 is 0 Å². The molecule has 0 spiro atoms. The van der Waals surface area contributed by atoms with E-state index in [4.69, 9.17) is 0 Å². The molecule has 1 unspecified atom stereocenters. The van der Waals surface area contributed by atoms with E-state index < -0.39 is 0 Å². The molecule has 1 saturated heterocycles. The van der Waals surface area contributed by atoms with Crippen LogP contribution in [0.3, 0.4) is 0 Å². The fraction of sp³-hybridized carbons (Fsp3) is 0.533. The van der Waals surface area contributed by atoms with Gasteiger partial charge in [0.05, 0.1) is 6.04 Å². The summed E-state index contributed by atoms with van der Waals surface area (Å²) in [5.41, 5.74) is 2.54. The predicted molar refractivity (Wildman–Crippen MR) is 73.4 cm³/mol. The van der Waals surface area contributed by atoms with Crippen LogP contribution in [0, 0.1) is 6.92 Å². The van der Waals surface area contributed by atoms with Crippen molar-refractivity contribution in [3.8, 4) is 0 Å². The average molecular weight is 246 g/mol. The van der Waals surface area contributed by atoms with Gasteiger partial charge in [0.2, 0.25) is 5.91 Å². The third-order valence-electron chi connectivity index (χ3n) is 3.64. The molecule has 0 radical (unpaired) electrons. The maximum absolute atomic E-state index is 11.9. The molecule has 98 valence electrons. The highest BCUT2D eigenvalue weighted by atomic mass is 16.2. The molecule has 1 aliphatic rings. The molecule has 2 rings (SSSR count). The molecule has 2 N–H and O–H groups in total. The van der Waals surface area contributed by atoms with Crippen LogP contribution in [0.5, 0.6) is 0 Å². The van der Waals surface area contributed by atoms with Gasteiger partial charge in [0.25, 0.3) is 0 Å². The fourth-order valence-corrected chi connectivity index (χ4v) is 2.56. The second-order valence-corrected chi connectivity index (χ2v) is 5.08. The third-order valence-corrected chi connectivity index (χ3v) is 3.64. The zero-order valence-electron chi connectivity index (χ0n) is 11.2. The molecule has 18 heavy (non-hydrogen) atoms. The van der Waals surface area contributed by atoms with Gasteiger partial charge in [-0.15, -0.1) is 0 Å². The van der Waals surface area contributed by atoms with Gasteiger partial charge in [0, 0.05) is 12.6 Å². The van der Waals surface area contributed by atoms with Gasteiger partial charge in [-0.05, 0) is 44.2 Å². The normalized spacial score (nSPS) is 22.1. The Bertz CT molecular complexity index is 417. The number of hydrogen-bond acceptors (Lipinski definition) is 2. The number of nitrogens with one attached hydrogen (secondary N) is 2. The molecule has 3 nitrogen and oxygen atoms in total. The first-order valence-corrected chi connectivity index (χ1v) is 6.78. The summed E-state index contributed by atoms with van der Waals surface area (Å²) in [6.07, 6.45) is 3.13. The van der Waals surface area contributed by atoms with Crippen molar-refractivity contribution in [1.29, 1.82) is 0 Å². The van der Waals surface area contributed by atoms with E-state index in [9.17, 15) is 4.79 Å². The van der Waals surface area contributed by atoms with Crippen molar-refractivity contribution >= 4 is 5.91 Å². The summed E-state index contributed by atoms with van der Waals surface area (Å²) in [7, 11) is 0. The van der Waals surface area contributed by atoms with E-state index in [0.717, 1.165) is 25.8 Å². The second kappa shape index (κ2) is 6.01. The Hall–Kier alpha value is -1.35. The summed E-state index contributed by atoms with van der Waals surface area (Å²) in [6, 6.07) is 8.49. The molecule has 0 aromatic heterocycles. The Labute approximate surface area is 109 Å². The minimum atomic E-state index is -0.0536. The molecule has 0 bridgehead atoms. The predicted octanol–water partition coefficient (Wildman–Crippen LogP) is 2.31. The molecule has 0 saturated carbocycles. The number of aryl methyl sites for hydroxylation is 1. The SMILES string of the molecule is Cc1ccccc1[C@@H](C)NC1CCCCNC1=O. The molecule has 1 fully saturated rings. The maximum atomic E-state index is 11.9. The highest BCUT2D eigenvalue weighted by Crippen LogP contribution is 2.18. The van der Waals surface area contributed by atoms with Crippen LogP contribution in [0.15, 0.2) is 24.3 Å². The van der Waals surface area contributed by atoms with Crippen LogP contribution in [0.1, 0.15) is 43.4 Å². The number of benzene rings is 1. The molecule has 1 aliphatic heterocycles. The lowest BCUT2D eigenvalue weighted by molar-refractivity contribution is -0.123. The van der Waals surface area contributed by atoms with Crippen molar-refractivity contribution in [2.24, 2.45) is 0 Å². The average Bonchev–Trinajstić information content (AvgIpc) is 2.55. The quantitative estimate of drug-likeness (QED) is 0.859. The van der Waals surface area contributed by atoms with Crippen LogP contribution in [-0.2, 0) is 4.79 Å². The van der Waals surface area contributed by atoms with Gasteiger partial charge in [-0.2, -0.15) is 0 Å². The number of carbonyl (C=O) groups excluding carboxylic acids is 1. The monoisotopic (exact) mass is 246 g/mol. The smallest absolute Gasteiger partial charge is 0.237 e. The highest BCUT2D eigenvalue weighted by molar-refractivity contribution is 5.81. The molecule has 3 heteroatoms. The minimum absolute atomic E-state index is 0.0536. The number of amides is 1. The standard InChI is InChI=1S/C15H22N2O/c1-11-7-3-4-8-13(11)12(2)17-14-9-5-6-10-16-15(14)18/h3-4,7-8,12,14,17H,5-6,9-10H2,1-2H3,(H,16,18)/t12-,14?/m1/s1.